The number of furan rings is 1. The van der Waals surface area contributed by atoms with E-state index >= 15 is 0 Å². The zero-order valence-electron chi connectivity index (χ0n) is 14.0. The van der Waals surface area contributed by atoms with E-state index in [1.54, 1.807) is 0 Å². The number of para-hydroxylation sites is 1. The van der Waals surface area contributed by atoms with Crippen molar-refractivity contribution in [3.05, 3.63) is 30.1 Å². The maximum absolute atomic E-state index is 11.6. The van der Waals surface area contributed by atoms with Crippen LogP contribution in [0.2, 0.25) is 0 Å². The van der Waals surface area contributed by atoms with Crippen molar-refractivity contribution in [2.75, 3.05) is 5.32 Å². The molecule has 0 bridgehead atoms. The van der Waals surface area contributed by atoms with E-state index in [-0.39, 0.29) is 5.92 Å². The third kappa shape index (κ3) is 2.79. The van der Waals surface area contributed by atoms with E-state index in [0.717, 1.165) is 11.8 Å². The van der Waals surface area contributed by atoms with Crippen LogP contribution in [0.3, 0.4) is 0 Å². The second-order valence-electron chi connectivity index (χ2n) is 5.96. The number of anilines is 1. The van der Waals surface area contributed by atoms with Crippen LogP contribution in [-0.4, -0.2) is 27.1 Å². The Balaban J connectivity index is 2.17. The number of aliphatic carboxylic acids is 1. The Morgan fingerprint density at radius 3 is 2.71 bits per heavy atom. The highest BCUT2D eigenvalue weighted by atomic mass is 16.4. The second-order valence-corrected chi connectivity index (χ2v) is 5.96. The molecule has 3 aromatic rings. The van der Waals surface area contributed by atoms with E-state index in [2.05, 4.69) is 15.3 Å². The van der Waals surface area contributed by atoms with Crippen molar-refractivity contribution in [3.8, 4) is 0 Å². The molecule has 24 heavy (non-hydrogen) atoms. The molecule has 1 aromatic carbocycles. The Kier molecular flexibility index (Phi) is 4.38. The minimum atomic E-state index is -0.898. The van der Waals surface area contributed by atoms with Crippen molar-refractivity contribution in [1.82, 2.24) is 9.97 Å². The predicted octanol–water partition coefficient (Wildman–Crippen LogP) is 3.85. The molecule has 2 aromatic heterocycles. The topological polar surface area (TPSA) is 88.2 Å². The summed E-state index contributed by atoms with van der Waals surface area (Å²) < 4.78 is 5.90. The highest BCUT2D eigenvalue weighted by molar-refractivity contribution is 6.05. The highest BCUT2D eigenvalue weighted by Crippen LogP contribution is 2.32. The Hall–Kier alpha value is -2.63. The van der Waals surface area contributed by atoms with Gasteiger partial charge in [-0.2, -0.15) is 0 Å². The van der Waals surface area contributed by atoms with Gasteiger partial charge in [0.25, 0.3) is 0 Å². The first kappa shape index (κ1) is 16.2. The van der Waals surface area contributed by atoms with Crippen LogP contribution in [-0.2, 0) is 11.2 Å². The van der Waals surface area contributed by atoms with Crippen molar-refractivity contribution in [3.63, 3.8) is 0 Å². The standard InChI is InChI=1S/C18H21N3O3/c1-4-10(3)14(18(22)23)21-17-16-15(19-13(5-2)20-17)11-8-6-7-9-12(11)24-16/h6-10,14H,4-5H2,1-3H3,(H,22,23)(H,19,20,21)/t10-,14-/m1/s1. The number of aromatic nitrogens is 2. The minimum absolute atomic E-state index is 0.0398. The van der Waals surface area contributed by atoms with E-state index in [0.29, 0.717) is 34.7 Å². The number of carboxylic acid groups (broad SMARTS) is 1. The van der Waals surface area contributed by atoms with Gasteiger partial charge in [0.2, 0.25) is 0 Å². The quantitative estimate of drug-likeness (QED) is 0.715. The van der Waals surface area contributed by atoms with Crippen LogP contribution in [0.15, 0.2) is 28.7 Å². The van der Waals surface area contributed by atoms with Gasteiger partial charge in [0, 0.05) is 11.8 Å². The second kappa shape index (κ2) is 6.47. The molecule has 0 aliphatic carbocycles. The molecule has 3 rings (SSSR count). The molecule has 2 atom stereocenters. The molecule has 2 heterocycles. The van der Waals surface area contributed by atoms with E-state index < -0.39 is 12.0 Å². The first-order valence-corrected chi connectivity index (χ1v) is 8.22. The fourth-order valence-corrected chi connectivity index (χ4v) is 2.72. The van der Waals surface area contributed by atoms with Crippen LogP contribution in [0, 0.1) is 5.92 Å². The molecule has 126 valence electrons. The van der Waals surface area contributed by atoms with Gasteiger partial charge in [-0.3, -0.25) is 0 Å². The Morgan fingerprint density at radius 2 is 2.04 bits per heavy atom. The number of hydrogen-bond acceptors (Lipinski definition) is 5. The summed E-state index contributed by atoms with van der Waals surface area (Å²) in [6, 6.07) is 6.91. The first-order chi connectivity index (χ1) is 11.5. The summed E-state index contributed by atoms with van der Waals surface area (Å²) >= 11 is 0. The smallest absolute Gasteiger partial charge is 0.326 e. The molecule has 0 fully saturated rings. The van der Waals surface area contributed by atoms with E-state index in [9.17, 15) is 9.90 Å². The van der Waals surface area contributed by atoms with Crippen LogP contribution >= 0.6 is 0 Å². The van der Waals surface area contributed by atoms with Gasteiger partial charge >= 0.3 is 5.97 Å². The average Bonchev–Trinajstić information content (AvgIpc) is 2.97. The molecule has 6 heteroatoms. The molecular weight excluding hydrogens is 306 g/mol. The SMILES string of the molecule is CCc1nc(N[C@@H](C(=O)O)[C@H](C)CC)c2oc3ccccc3c2n1. The third-order valence-electron chi connectivity index (χ3n) is 4.35. The van der Waals surface area contributed by atoms with Crippen LogP contribution in [0.25, 0.3) is 22.1 Å². The average molecular weight is 327 g/mol. The summed E-state index contributed by atoms with van der Waals surface area (Å²) in [7, 11) is 0. The van der Waals surface area contributed by atoms with Crippen molar-refractivity contribution in [2.45, 2.75) is 39.7 Å². The van der Waals surface area contributed by atoms with E-state index in [1.807, 2.05) is 45.0 Å². The third-order valence-corrected chi connectivity index (χ3v) is 4.35. The molecule has 0 spiro atoms. The lowest BCUT2D eigenvalue weighted by atomic mass is 9.99. The lowest BCUT2D eigenvalue weighted by Gasteiger charge is -2.20. The van der Waals surface area contributed by atoms with E-state index in [1.165, 1.54) is 0 Å². The number of rotatable bonds is 6. The number of benzene rings is 1. The highest BCUT2D eigenvalue weighted by Gasteiger charge is 2.26. The van der Waals surface area contributed by atoms with Crippen LogP contribution < -0.4 is 5.32 Å². The van der Waals surface area contributed by atoms with Crippen LogP contribution in [0.5, 0.6) is 0 Å². The zero-order chi connectivity index (χ0) is 17.3. The number of nitrogens with zero attached hydrogens (tertiary/aromatic N) is 2. The van der Waals surface area contributed by atoms with E-state index in [4.69, 9.17) is 4.42 Å². The normalized spacial score (nSPS) is 14.0. The summed E-state index contributed by atoms with van der Waals surface area (Å²) in [6.45, 7) is 5.84. The van der Waals surface area contributed by atoms with Crippen molar-refractivity contribution in [1.29, 1.82) is 0 Å². The van der Waals surface area contributed by atoms with Crippen LogP contribution in [0.1, 0.15) is 33.0 Å². The van der Waals surface area contributed by atoms with Crippen LogP contribution in [0.4, 0.5) is 5.82 Å². The van der Waals surface area contributed by atoms with Crippen molar-refractivity contribution in [2.24, 2.45) is 5.92 Å². The summed E-state index contributed by atoms with van der Waals surface area (Å²) in [4.78, 5) is 20.7. The first-order valence-electron chi connectivity index (χ1n) is 8.22. The summed E-state index contributed by atoms with van der Waals surface area (Å²) in [6.07, 6.45) is 1.41. The summed E-state index contributed by atoms with van der Waals surface area (Å²) in [5.41, 5.74) is 1.93. The van der Waals surface area contributed by atoms with Crippen molar-refractivity contribution < 1.29 is 14.3 Å². The molecule has 0 aliphatic heterocycles. The van der Waals surface area contributed by atoms with Gasteiger partial charge in [0.15, 0.2) is 11.4 Å². The monoisotopic (exact) mass is 327 g/mol. The lowest BCUT2D eigenvalue weighted by Crippen LogP contribution is -2.35. The van der Waals surface area contributed by atoms with Gasteiger partial charge in [-0.25, -0.2) is 14.8 Å². The Labute approximate surface area is 139 Å². The van der Waals surface area contributed by atoms with Gasteiger partial charge in [-0.15, -0.1) is 0 Å². The largest absolute Gasteiger partial charge is 0.480 e. The number of hydrogen-bond donors (Lipinski definition) is 2. The predicted molar refractivity (Wildman–Crippen MR) is 93.2 cm³/mol. The number of carbonyl (C=O) groups is 1. The number of aryl methyl sites for hydroxylation is 1. The molecule has 0 unspecified atom stereocenters. The minimum Gasteiger partial charge on any atom is -0.480 e. The lowest BCUT2D eigenvalue weighted by molar-refractivity contribution is -0.139. The molecule has 2 N–H and O–H groups in total. The van der Waals surface area contributed by atoms with Crippen molar-refractivity contribution >= 4 is 33.9 Å². The molecule has 0 saturated heterocycles. The Bertz CT molecular complexity index is 888. The van der Waals surface area contributed by atoms with Gasteiger partial charge in [-0.1, -0.05) is 39.3 Å². The molecule has 6 nitrogen and oxygen atoms in total. The molecular formula is C18H21N3O3. The maximum atomic E-state index is 11.6. The van der Waals surface area contributed by atoms with Gasteiger partial charge in [0.05, 0.1) is 0 Å². The van der Waals surface area contributed by atoms with Gasteiger partial charge < -0.3 is 14.8 Å². The zero-order valence-corrected chi connectivity index (χ0v) is 14.0. The molecule has 0 aliphatic rings. The number of nitrogens with one attached hydrogen (secondary N) is 1. The molecule has 0 saturated carbocycles. The van der Waals surface area contributed by atoms with Gasteiger partial charge in [-0.05, 0) is 18.1 Å². The number of carboxylic acids is 1. The molecule has 0 radical (unpaired) electrons. The summed E-state index contributed by atoms with van der Waals surface area (Å²) in [5.74, 6) is 0.165. The Morgan fingerprint density at radius 1 is 1.29 bits per heavy atom. The fraction of sp³-hybridized carbons (Fsp3) is 0.389. The maximum Gasteiger partial charge on any atom is 0.326 e. The number of fused-ring (bicyclic) bond motifs is 3. The molecule has 0 amide bonds. The summed E-state index contributed by atoms with van der Waals surface area (Å²) in [5, 5.41) is 13.5. The van der Waals surface area contributed by atoms with Gasteiger partial charge in [0.1, 0.15) is 23.0 Å². The fourth-order valence-electron chi connectivity index (χ4n) is 2.72.